The van der Waals surface area contributed by atoms with Crippen LogP contribution in [0.4, 0.5) is 5.69 Å². The summed E-state index contributed by atoms with van der Waals surface area (Å²) in [5.41, 5.74) is 5.74. The molecule has 0 heterocycles. The van der Waals surface area contributed by atoms with Crippen molar-refractivity contribution in [1.29, 1.82) is 0 Å². The highest BCUT2D eigenvalue weighted by molar-refractivity contribution is 5.77. The Balaban J connectivity index is 2.63. The molecule has 0 saturated carbocycles. The zero-order valence-corrected chi connectivity index (χ0v) is 10.7. The molecule has 1 amide bonds. The minimum absolute atomic E-state index is 0.00465. The molecule has 0 bridgehead atoms. The summed E-state index contributed by atoms with van der Waals surface area (Å²) in [7, 11) is 1.57. The largest absolute Gasteiger partial charge is 0.370 e. The van der Waals surface area contributed by atoms with E-state index in [0.29, 0.717) is 18.7 Å². The number of amides is 1. The molecule has 0 unspecified atom stereocenters. The Hall–Kier alpha value is -1.99. The first-order valence-corrected chi connectivity index (χ1v) is 5.80. The van der Waals surface area contributed by atoms with E-state index in [-0.39, 0.29) is 24.7 Å². The Labute approximate surface area is 111 Å². The number of nitrogens with two attached hydrogens (primary N) is 1. The molecule has 0 aromatic heterocycles. The van der Waals surface area contributed by atoms with Crippen LogP contribution in [0.3, 0.4) is 0 Å². The Bertz CT molecular complexity index is 450. The van der Waals surface area contributed by atoms with Crippen LogP contribution in [0.25, 0.3) is 0 Å². The molecule has 0 aliphatic heterocycles. The fourth-order valence-electron chi connectivity index (χ4n) is 1.52. The number of nitro benzene ring substituents is 1. The maximum Gasteiger partial charge on any atom is 0.274 e. The van der Waals surface area contributed by atoms with E-state index >= 15 is 0 Å². The van der Waals surface area contributed by atoms with E-state index in [2.05, 4.69) is 0 Å². The van der Waals surface area contributed by atoms with Crippen LogP contribution in [0.5, 0.6) is 0 Å². The lowest BCUT2D eigenvalue weighted by molar-refractivity contribution is -0.385. The van der Waals surface area contributed by atoms with Crippen LogP contribution in [0.15, 0.2) is 24.3 Å². The lowest BCUT2D eigenvalue weighted by Gasteiger charge is -2.17. The molecule has 104 valence electrons. The molecule has 2 N–H and O–H groups in total. The van der Waals surface area contributed by atoms with Gasteiger partial charge >= 0.3 is 0 Å². The number of ether oxygens (including phenoxy) is 1. The molecule has 0 radical (unpaired) electrons. The van der Waals surface area contributed by atoms with E-state index in [9.17, 15) is 14.9 Å². The van der Waals surface area contributed by atoms with Crippen LogP contribution in [-0.2, 0) is 16.1 Å². The minimum atomic E-state index is -0.460. The second-order valence-electron chi connectivity index (χ2n) is 3.98. The number of hydrogen-bond acceptors (Lipinski definition) is 5. The van der Waals surface area contributed by atoms with Crippen molar-refractivity contribution in [3.8, 4) is 0 Å². The molecule has 1 rings (SSSR count). The van der Waals surface area contributed by atoms with Gasteiger partial charge in [-0.25, -0.2) is 0 Å². The number of nitrogens with zero attached hydrogens (tertiary/aromatic N) is 2. The van der Waals surface area contributed by atoms with Gasteiger partial charge in [0.2, 0.25) is 5.91 Å². The van der Waals surface area contributed by atoms with Crippen molar-refractivity contribution in [3.63, 3.8) is 0 Å². The third-order valence-electron chi connectivity index (χ3n) is 2.51. The Morgan fingerprint density at radius 1 is 1.47 bits per heavy atom. The second kappa shape index (κ2) is 7.45. The average molecular weight is 267 g/mol. The number of nitro groups is 1. The first-order chi connectivity index (χ1) is 9.06. The van der Waals surface area contributed by atoms with E-state index in [1.807, 2.05) is 0 Å². The number of para-hydroxylation sites is 1. The fraction of sp³-hybridized carbons (Fsp3) is 0.417. The van der Waals surface area contributed by atoms with Crippen LogP contribution < -0.4 is 5.73 Å². The standard InChI is InChI=1S/C12H17N3O4/c1-14(12(16)9-19-7-6-13)8-10-4-2-3-5-11(10)15(17)18/h2-5H,6-9,13H2,1H3. The van der Waals surface area contributed by atoms with E-state index < -0.39 is 4.92 Å². The van der Waals surface area contributed by atoms with Crippen LogP contribution in [0, 0.1) is 10.1 Å². The topological polar surface area (TPSA) is 98.7 Å². The lowest BCUT2D eigenvalue weighted by atomic mass is 10.1. The van der Waals surface area contributed by atoms with E-state index in [0.717, 1.165) is 0 Å². The number of carbonyl (C=O) groups excluding carboxylic acids is 1. The lowest BCUT2D eigenvalue weighted by Crippen LogP contribution is -2.30. The van der Waals surface area contributed by atoms with Gasteiger partial charge < -0.3 is 15.4 Å². The first kappa shape index (κ1) is 15.1. The number of rotatable bonds is 7. The molecule has 0 spiro atoms. The Morgan fingerprint density at radius 3 is 2.79 bits per heavy atom. The number of hydrogen-bond donors (Lipinski definition) is 1. The van der Waals surface area contributed by atoms with Gasteiger partial charge in [-0.3, -0.25) is 14.9 Å². The summed E-state index contributed by atoms with van der Waals surface area (Å²) in [6.07, 6.45) is 0. The zero-order chi connectivity index (χ0) is 14.3. The van der Waals surface area contributed by atoms with Gasteiger partial charge in [-0.05, 0) is 0 Å². The number of benzene rings is 1. The van der Waals surface area contributed by atoms with Crippen molar-refractivity contribution in [2.24, 2.45) is 5.73 Å². The van der Waals surface area contributed by atoms with Crippen LogP contribution in [-0.4, -0.2) is 42.5 Å². The van der Waals surface area contributed by atoms with Gasteiger partial charge in [0.1, 0.15) is 6.61 Å². The van der Waals surface area contributed by atoms with Gasteiger partial charge in [-0.15, -0.1) is 0 Å². The van der Waals surface area contributed by atoms with Crippen LogP contribution in [0.2, 0.25) is 0 Å². The highest BCUT2D eigenvalue weighted by atomic mass is 16.6. The Kier molecular flexibility index (Phi) is 5.91. The van der Waals surface area contributed by atoms with E-state index in [4.69, 9.17) is 10.5 Å². The average Bonchev–Trinajstić information content (AvgIpc) is 2.39. The predicted octanol–water partition coefficient (Wildman–Crippen LogP) is 0.529. The third-order valence-corrected chi connectivity index (χ3v) is 2.51. The fourth-order valence-corrected chi connectivity index (χ4v) is 1.52. The van der Waals surface area contributed by atoms with Crippen molar-refractivity contribution >= 4 is 11.6 Å². The molecular formula is C12H17N3O4. The molecule has 0 aliphatic rings. The molecule has 1 aromatic carbocycles. The number of carbonyl (C=O) groups is 1. The summed E-state index contributed by atoms with van der Waals surface area (Å²) in [6, 6.07) is 6.33. The van der Waals surface area contributed by atoms with Crippen LogP contribution >= 0.6 is 0 Å². The van der Waals surface area contributed by atoms with Crippen molar-refractivity contribution in [3.05, 3.63) is 39.9 Å². The van der Waals surface area contributed by atoms with E-state index in [1.54, 1.807) is 25.2 Å². The maximum atomic E-state index is 11.7. The number of likely N-dealkylation sites (N-methyl/N-ethyl adjacent to an activating group) is 1. The zero-order valence-electron chi connectivity index (χ0n) is 10.7. The van der Waals surface area contributed by atoms with Crippen molar-refractivity contribution in [2.75, 3.05) is 26.8 Å². The molecule has 19 heavy (non-hydrogen) atoms. The summed E-state index contributed by atoms with van der Waals surface area (Å²) in [5, 5.41) is 10.8. The molecular weight excluding hydrogens is 250 g/mol. The molecule has 7 nitrogen and oxygen atoms in total. The summed E-state index contributed by atoms with van der Waals surface area (Å²) >= 11 is 0. The minimum Gasteiger partial charge on any atom is -0.370 e. The quantitative estimate of drug-likeness (QED) is 0.441. The van der Waals surface area contributed by atoms with Gasteiger partial charge in [-0.2, -0.15) is 0 Å². The summed E-state index contributed by atoms with van der Waals surface area (Å²) in [6.45, 7) is 0.752. The van der Waals surface area contributed by atoms with Crippen molar-refractivity contribution in [1.82, 2.24) is 4.90 Å². The van der Waals surface area contributed by atoms with Crippen molar-refractivity contribution < 1.29 is 14.5 Å². The summed E-state index contributed by atoms with van der Waals surface area (Å²) in [5.74, 6) is -0.244. The maximum absolute atomic E-state index is 11.7. The molecule has 0 saturated heterocycles. The smallest absolute Gasteiger partial charge is 0.274 e. The van der Waals surface area contributed by atoms with Gasteiger partial charge in [0.25, 0.3) is 5.69 Å². The SMILES string of the molecule is CN(Cc1ccccc1[N+](=O)[O-])C(=O)COCCN. The molecule has 0 atom stereocenters. The van der Waals surface area contributed by atoms with Crippen molar-refractivity contribution in [2.45, 2.75) is 6.54 Å². The van der Waals surface area contributed by atoms with Gasteiger partial charge in [0.15, 0.2) is 0 Å². The summed E-state index contributed by atoms with van der Waals surface area (Å²) in [4.78, 5) is 23.5. The van der Waals surface area contributed by atoms with Crippen LogP contribution in [0.1, 0.15) is 5.56 Å². The van der Waals surface area contributed by atoms with Gasteiger partial charge in [-0.1, -0.05) is 18.2 Å². The highest BCUT2D eigenvalue weighted by Crippen LogP contribution is 2.18. The van der Waals surface area contributed by atoms with E-state index in [1.165, 1.54) is 11.0 Å². The van der Waals surface area contributed by atoms with Gasteiger partial charge in [0.05, 0.1) is 18.1 Å². The molecule has 7 heteroatoms. The normalized spacial score (nSPS) is 10.2. The predicted molar refractivity (Wildman–Crippen MR) is 69.4 cm³/mol. The summed E-state index contributed by atoms with van der Waals surface area (Å²) < 4.78 is 5.03. The van der Waals surface area contributed by atoms with Gasteiger partial charge in [0, 0.05) is 25.2 Å². The molecule has 1 aromatic rings. The first-order valence-electron chi connectivity index (χ1n) is 5.80. The molecule has 0 fully saturated rings. The molecule has 0 aliphatic carbocycles. The monoisotopic (exact) mass is 267 g/mol. The Morgan fingerprint density at radius 2 is 2.16 bits per heavy atom. The third kappa shape index (κ3) is 4.65. The highest BCUT2D eigenvalue weighted by Gasteiger charge is 2.16. The second-order valence-corrected chi connectivity index (χ2v) is 3.98.